The predicted molar refractivity (Wildman–Crippen MR) is 114 cm³/mol. The monoisotopic (exact) mass is 397 g/mol. The first kappa shape index (κ1) is 18.2. The first-order valence-corrected chi connectivity index (χ1v) is 9.71. The standard InChI is InChI=1S/C24H19N3O3/c1-13-5-7-16(8-6-13)20-19-21(28)17-11-14(2)15(3)12-18(17)30-22(19)23(29)27(20)24-25-9-4-10-26-24/h4-12,20H,1-3H3. The van der Waals surface area contributed by atoms with Gasteiger partial charge < -0.3 is 4.42 Å². The summed E-state index contributed by atoms with van der Waals surface area (Å²) in [6.45, 7) is 5.89. The first-order valence-electron chi connectivity index (χ1n) is 9.71. The first-order chi connectivity index (χ1) is 14.5. The number of aromatic nitrogens is 2. The maximum Gasteiger partial charge on any atom is 0.297 e. The minimum atomic E-state index is -0.655. The largest absolute Gasteiger partial charge is 0.450 e. The van der Waals surface area contributed by atoms with Crippen LogP contribution in [0.2, 0.25) is 0 Å². The predicted octanol–water partition coefficient (Wildman–Crippen LogP) is 4.26. The number of hydrogen-bond acceptors (Lipinski definition) is 5. The van der Waals surface area contributed by atoms with E-state index in [1.54, 1.807) is 18.5 Å². The Morgan fingerprint density at radius 3 is 2.30 bits per heavy atom. The van der Waals surface area contributed by atoms with E-state index in [0.717, 1.165) is 22.3 Å². The van der Waals surface area contributed by atoms with Crippen LogP contribution >= 0.6 is 0 Å². The molecule has 2 aromatic heterocycles. The van der Waals surface area contributed by atoms with Crippen molar-refractivity contribution < 1.29 is 9.21 Å². The van der Waals surface area contributed by atoms with Crippen LogP contribution in [0, 0.1) is 20.8 Å². The lowest BCUT2D eigenvalue weighted by atomic mass is 9.97. The zero-order valence-corrected chi connectivity index (χ0v) is 16.8. The minimum absolute atomic E-state index is 0.0498. The van der Waals surface area contributed by atoms with E-state index in [1.165, 1.54) is 4.90 Å². The summed E-state index contributed by atoms with van der Waals surface area (Å²) in [5.74, 6) is -0.136. The average Bonchev–Trinajstić information content (AvgIpc) is 3.04. The van der Waals surface area contributed by atoms with E-state index in [9.17, 15) is 9.59 Å². The molecule has 0 saturated carbocycles. The van der Waals surface area contributed by atoms with Crippen molar-refractivity contribution >= 4 is 22.8 Å². The fourth-order valence-electron chi connectivity index (χ4n) is 3.91. The van der Waals surface area contributed by atoms with Crippen molar-refractivity contribution in [1.29, 1.82) is 0 Å². The van der Waals surface area contributed by atoms with E-state index in [2.05, 4.69) is 9.97 Å². The molecular formula is C24H19N3O3. The zero-order chi connectivity index (χ0) is 21.0. The smallest absolute Gasteiger partial charge is 0.297 e. The molecule has 3 heterocycles. The van der Waals surface area contributed by atoms with Crippen molar-refractivity contribution in [2.24, 2.45) is 0 Å². The van der Waals surface area contributed by atoms with Gasteiger partial charge in [-0.25, -0.2) is 9.97 Å². The second-order valence-electron chi connectivity index (χ2n) is 7.64. The van der Waals surface area contributed by atoms with Gasteiger partial charge in [-0.1, -0.05) is 29.8 Å². The van der Waals surface area contributed by atoms with Gasteiger partial charge in [0.1, 0.15) is 5.58 Å². The SMILES string of the molecule is Cc1ccc(C2c3c(oc4cc(C)c(C)cc4c3=O)C(=O)N2c2ncccn2)cc1. The van der Waals surface area contributed by atoms with E-state index in [-0.39, 0.29) is 17.1 Å². The third-order valence-corrected chi connectivity index (χ3v) is 5.65. The third-order valence-electron chi connectivity index (χ3n) is 5.65. The molecule has 0 aliphatic carbocycles. The molecule has 148 valence electrons. The highest BCUT2D eigenvalue weighted by Gasteiger charge is 2.44. The topological polar surface area (TPSA) is 76.3 Å². The number of carbonyl (C=O) groups is 1. The molecule has 0 saturated heterocycles. The number of amides is 1. The molecule has 0 bridgehead atoms. The number of benzene rings is 2. The molecule has 1 aliphatic heterocycles. The van der Waals surface area contributed by atoms with Crippen LogP contribution in [0.1, 0.15) is 44.4 Å². The van der Waals surface area contributed by atoms with E-state index >= 15 is 0 Å². The van der Waals surface area contributed by atoms with Crippen molar-refractivity contribution in [2.45, 2.75) is 26.8 Å². The molecule has 1 aliphatic rings. The third kappa shape index (κ3) is 2.64. The van der Waals surface area contributed by atoms with E-state index in [4.69, 9.17) is 4.42 Å². The summed E-state index contributed by atoms with van der Waals surface area (Å²) in [6.07, 6.45) is 3.15. The van der Waals surface area contributed by atoms with Crippen LogP contribution in [0.4, 0.5) is 5.95 Å². The molecule has 30 heavy (non-hydrogen) atoms. The molecular weight excluding hydrogens is 378 g/mol. The summed E-state index contributed by atoms with van der Waals surface area (Å²) in [7, 11) is 0. The van der Waals surface area contributed by atoms with Gasteiger partial charge in [0.2, 0.25) is 11.7 Å². The fourth-order valence-corrected chi connectivity index (χ4v) is 3.91. The molecule has 6 nitrogen and oxygen atoms in total. The Hall–Kier alpha value is -3.80. The van der Waals surface area contributed by atoms with E-state index in [0.29, 0.717) is 16.5 Å². The molecule has 4 aromatic rings. The summed E-state index contributed by atoms with van der Waals surface area (Å²) in [5, 5.41) is 0.470. The molecule has 0 fully saturated rings. The van der Waals surface area contributed by atoms with Crippen LogP contribution in [-0.4, -0.2) is 15.9 Å². The van der Waals surface area contributed by atoms with Gasteiger partial charge >= 0.3 is 0 Å². The maximum absolute atomic E-state index is 13.6. The molecule has 0 radical (unpaired) electrons. The number of fused-ring (bicyclic) bond motifs is 2. The maximum atomic E-state index is 13.6. The molecule has 6 heteroatoms. The average molecular weight is 397 g/mol. The van der Waals surface area contributed by atoms with Crippen molar-refractivity contribution in [1.82, 2.24) is 9.97 Å². The quantitative estimate of drug-likeness (QED) is 0.505. The summed E-state index contributed by atoms with van der Waals surface area (Å²) < 4.78 is 6.01. The summed E-state index contributed by atoms with van der Waals surface area (Å²) in [6, 6.07) is 12.4. The Labute approximate surface area is 172 Å². The number of anilines is 1. The Morgan fingerprint density at radius 1 is 0.933 bits per heavy atom. The lowest BCUT2D eigenvalue weighted by Crippen LogP contribution is -2.31. The lowest BCUT2D eigenvalue weighted by molar-refractivity contribution is 0.0969. The van der Waals surface area contributed by atoms with Gasteiger partial charge in [-0.3, -0.25) is 14.5 Å². The van der Waals surface area contributed by atoms with Gasteiger partial charge in [0.25, 0.3) is 5.91 Å². The highest BCUT2D eigenvalue weighted by Crippen LogP contribution is 2.40. The second kappa shape index (κ2) is 6.62. The van der Waals surface area contributed by atoms with Crippen molar-refractivity contribution in [3.05, 3.63) is 98.7 Å². The highest BCUT2D eigenvalue weighted by atomic mass is 16.3. The Morgan fingerprint density at radius 2 is 1.60 bits per heavy atom. The van der Waals surface area contributed by atoms with Crippen LogP contribution in [0.25, 0.3) is 11.0 Å². The van der Waals surface area contributed by atoms with Crippen LogP contribution in [-0.2, 0) is 0 Å². The molecule has 1 atom stereocenters. The Bertz CT molecular complexity index is 1360. The van der Waals surface area contributed by atoms with E-state index in [1.807, 2.05) is 57.2 Å². The van der Waals surface area contributed by atoms with Gasteiger partial charge in [0.15, 0.2) is 5.43 Å². The summed E-state index contributed by atoms with van der Waals surface area (Å²) in [4.78, 5) is 37.0. The van der Waals surface area contributed by atoms with Crippen LogP contribution in [0.3, 0.4) is 0 Å². The normalized spacial score (nSPS) is 15.6. The summed E-state index contributed by atoms with van der Waals surface area (Å²) in [5.41, 5.74) is 4.41. The number of nitrogens with zero attached hydrogens (tertiary/aromatic N) is 3. The number of hydrogen-bond donors (Lipinski definition) is 0. The molecule has 5 rings (SSSR count). The van der Waals surface area contributed by atoms with Crippen LogP contribution < -0.4 is 10.3 Å². The lowest BCUT2D eigenvalue weighted by Gasteiger charge is -2.23. The minimum Gasteiger partial charge on any atom is -0.450 e. The van der Waals surface area contributed by atoms with Gasteiger partial charge in [-0.05, 0) is 55.7 Å². The van der Waals surface area contributed by atoms with Crippen molar-refractivity contribution in [3.63, 3.8) is 0 Å². The van der Waals surface area contributed by atoms with Gasteiger partial charge in [0, 0.05) is 12.4 Å². The molecule has 1 amide bonds. The van der Waals surface area contributed by atoms with Crippen molar-refractivity contribution in [3.8, 4) is 0 Å². The summed E-state index contributed by atoms with van der Waals surface area (Å²) >= 11 is 0. The Kier molecular flexibility index (Phi) is 4.03. The number of aryl methyl sites for hydroxylation is 3. The van der Waals surface area contributed by atoms with Gasteiger partial charge in [0.05, 0.1) is 17.0 Å². The second-order valence-corrected chi connectivity index (χ2v) is 7.64. The van der Waals surface area contributed by atoms with Gasteiger partial charge in [-0.15, -0.1) is 0 Å². The number of carbonyl (C=O) groups excluding carboxylic acids is 1. The van der Waals surface area contributed by atoms with Crippen LogP contribution in [0.15, 0.2) is 64.1 Å². The molecule has 0 N–H and O–H groups in total. The molecule has 2 aromatic carbocycles. The Balaban J connectivity index is 1.83. The zero-order valence-electron chi connectivity index (χ0n) is 16.8. The van der Waals surface area contributed by atoms with Crippen molar-refractivity contribution in [2.75, 3.05) is 4.90 Å². The molecule has 1 unspecified atom stereocenters. The molecule has 0 spiro atoms. The number of rotatable bonds is 2. The van der Waals surface area contributed by atoms with Gasteiger partial charge in [-0.2, -0.15) is 0 Å². The van der Waals surface area contributed by atoms with Crippen LogP contribution in [0.5, 0.6) is 0 Å². The fraction of sp³-hybridized carbons (Fsp3) is 0.167. The van der Waals surface area contributed by atoms with E-state index < -0.39 is 11.9 Å². The highest BCUT2D eigenvalue weighted by molar-refractivity contribution is 6.09.